The lowest BCUT2D eigenvalue weighted by molar-refractivity contribution is -0.385. The van der Waals surface area contributed by atoms with Gasteiger partial charge in [0.1, 0.15) is 5.82 Å². The van der Waals surface area contributed by atoms with Gasteiger partial charge in [-0.25, -0.2) is 22.5 Å². The second-order valence-electron chi connectivity index (χ2n) is 5.87. The average Bonchev–Trinajstić information content (AvgIpc) is 2.70. The largest absolute Gasteiger partial charge is 0.357 e. The predicted octanol–water partition coefficient (Wildman–Crippen LogP) is 1.77. The van der Waals surface area contributed by atoms with Crippen LogP contribution >= 0.6 is 0 Å². The number of guanidine groups is 1. The number of sulfonamides is 1. The van der Waals surface area contributed by atoms with Crippen LogP contribution in [0.25, 0.3) is 0 Å². The van der Waals surface area contributed by atoms with Crippen LogP contribution in [0, 0.1) is 15.9 Å². The summed E-state index contributed by atoms with van der Waals surface area (Å²) in [4.78, 5) is 14.2. The molecule has 2 rings (SSSR count). The van der Waals surface area contributed by atoms with Crippen molar-refractivity contribution >= 4 is 21.7 Å². The molecule has 0 amide bonds. The van der Waals surface area contributed by atoms with E-state index in [0.717, 1.165) is 6.07 Å². The third-order valence-corrected chi connectivity index (χ3v) is 5.22. The van der Waals surface area contributed by atoms with Crippen molar-refractivity contribution < 1.29 is 17.7 Å². The minimum Gasteiger partial charge on any atom is -0.357 e. The predicted molar refractivity (Wildman–Crippen MR) is 108 cm³/mol. The Balaban J connectivity index is 1.92. The molecule has 29 heavy (non-hydrogen) atoms. The molecule has 0 spiro atoms. The number of nitro benzene ring substituents is 1. The van der Waals surface area contributed by atoms with E-state index < -0.39 is 14.9 Å². The van der Waals surface area contributed by atoms with E-state index in [2.05, 4.69) is 20.3 Å². The number of rotatable bonds is 9. The maximum Gasteiger partial charge on any atom is 0.270 e. The molecule has 0 fully saturated rings. The van der Waals surface area contributed by atoms with Gasteiger partial charge >= 0.3 is 0 Å². The fourth-order valence-electron chi connectivity index (χ4n) is 2.35. The standard InChI is InChI=1S/C18H22FN5O4S/c1-2-20-18(22-13-14-6-3-4-9-17(14)19)21-10-11-23-29(27,28)16-8-5-7-15(12-16)24(25)26/h3-9,12,23H,2,10-11,13H2,1H3,(H2,20,21,22). The SMILES string of the molecule is CCNC(=NCc1ccccc1F)NCCNS(=O)(=O)c1cccc([N+](=O)[O-])c1. The molecule has 2 aromatic rings. The van der Waals surface area contributed by atoms with Crippen LogP contribution < -0.4 is 15.4 Å². The molecule has 0 aliphatic carbocycles. The Morgan fingerprint density at radius 3 is 2.59 bits per heavy atom. The first kappa shape index (κ1) is 22.2. The lowest BCUT2D eigenvalue weighted by atomic mass is 10.2. The van der Waals surface area contributed by atoms with Crippen molar-refractivity contribution in [3.8, 4) is 0 Å². The number of non-ortho nitro benzene ring substituents is 1. The van der Waals surface area contributed by atoms with Gasteiger partial charge in [0.2, 0.25) is 10.0 Å². The fourth-order valence-corrected chi connectivity index (χ4v) is 3.42. The van der Waals surface area contributed by atoms with Crippen LogP contribution in [-0.4, -0.2) is 38.9 Å². The van der Waals surface area contributed by atoms with Gasteiger partial charge in [0, 0.05) is 37.3 Å². The molecule has 0 atom stereocenters. The lowest BCUT2D eigenvalue weighted by Crippen LogP contribution is -2.41. The van der Waals surface area contributed by atoms with Crippen LogP contribution in [0.5, 0.6) is 0 Å². The third kappa shape index (κ3) is 6.80. The van der Waals surface area contributed by atoms with Crippen molar-refractivity contribution in [3.63, 3.8) is 0 Å². The molecule has 9 nitrogen and oxygen atoms in total. The molecular formula is C18H22FN5O4S. The second kappa shape index (κ2) is 10.5. The molecule has 156 valence electrons. The number of benzene rings is 2. The van der Waals surface area contributed by atoms with E-state index in [1.807, 2.05) is 6.92 Å². The van der Waals surface area contributed by atoms with E-state index in [0.29, 0.717) is 18.1 Å². The van der Waals surface area contributed by atoms with E-state index >= 15 is 0 Å². The molecule has 0 saturated heterocycles. The summed E-state index contributed by atoms with van der Waals surface area (Å²) in [7, 11) is -3.89. The number of hydrogen-bond acceptors (Lipinski definition) is 5. The van der Waals surface area contributed by atoms with E-state index in [1.165, 1.54) is 24.3 Å². The molecule has 0 bridgehead atoms. The average molecular weight is 423 g/mol. The van der Waals surface area contributed by atoms with Crippen molar-refractivity contribution in [2.24, 2.45) is 4.99 Å². The van der Waals surface area contributed by atoms with Crippen LogP contribution in [0.4, 0.5) is 10.1 Å². The molecule has 0 heterocycles. The third-order valence-electron chi connectivity index (χ3n) is 3.76. The van der Waals surface area contributed by atoms with Gasteiger partial charge in [0.25, 0.3) is 5.69 Å². The van der Waals surface area contributed by atoms with Gasteiger partial charge in [-0.3, -0.25) is 10.1 Å². The fraction of sp³-hybridized carbons (Fsp3) is 0.278. The van der Waals surface area contributed by atoms with Crippen molar-refractivity contribution in [2.45, 2.75) is 18.4 Å². The minimum atomic E-state index is -3.89. The number of hydrogen-bond donors (Lipinski definition) is 3. The van der Waals surface area contributed by atoms with Crippen LogP contribution in [0.1, 0.15) is 12.5 Å². The number of nitro groups is 1. The van der Waals surface area contributed by atoms with Crippen molar-refractivity contribution in [1.29, 1.82) is 0 Å². The molecule has 0 aromatic heterocycles. The quantitative estimate of drug-likeness (QED) is 0.186. The number of aliphatic imine (C=N–C) groups is 1. The molecule has 11 heteroatoms. The van der Waals surface area contributed by atoms with Crippen LogP contribution in [0.3, 0.4) is 0 Å². The first-order chi connectivity index (χ1) is 13.8. The zero-order valence-corrected chi connectivity index (χ0v) is 16.6. The Morgan fingerprint density at radius 2 is 1.90 bits per heavy atom. The first-order valence-corrected chi connectivity index (χ1v) is 10.3. The maximum absolute atomic E-state index is 13.7. The lowest BCUT2D eigenvalue weighted by Gasteiger charge is -2.12. The van der Waals surface area contributed by atoms with Gasteiger partial charge < -0.3 is 10.6 Å². The molecule has 0 aliphatic heterocycles. The zero-order chi connectivity index (χ0) is 21.3. The number of halogens is 1. The van der Waals surface area contributed by atoms with Gasteiger partial charge in [0.05, 0.1) is 16.4 Å². The van der Waals surface area contributed by atoms with E-state index in [1.54, 1.807) is 18.2 Å². The number of nitrogens with one attached hydrogen (secondary N) is 3. The van der Waals surface area contributed by atoms with Crippen LogP contribution in [0.15, 0.2) is 58.4 Å². The second-order valence-corrected chi connectivity index (χ2v) is 7.63. The summed E-state index contributed by atoms with van der Waals surface area (Å²) < 4.78 is 40.6. The van der Waals surface area contributed by atoms with E-state index in [4.69, 9.17) is 0 Å². The summed E-state index contributed by atoms with van der Waals surface area (Å²) in [6.45, 7) is 2.79. The Bertz CT molecular complexity index is 982. The summed E-state index contributed by atoms with van der Waals surface area (Å²) >= 11 is 0. The van der Waals surface area contributed by atoms with E-state index in [9.17, 15) is 22.9 Å². The van der Waals surface area contributed by atoms with Gasteiger partial charge in [-0.2, -0.15) is 0 Å². The molecule has 3 N–H and O–H groups in total. The topological polar surface area (TPSA) is 126 Å². The summed E-state index contributed by atoms with van der Waals surface area (Å²) in [6.07, 6.45) is 0. The summed E-state index contributed by atoms with van der Waals surface area (Å²) in [5.74, 6) is 0.0575. The maximum atomic E-state index is 13.7. The van der Waals surface area contributed by atoms with Gasteiger partial charge in [0.15, 0.2) is 5.96 Å². The normalized spacial score (nSPS) is 11.9. The summed E-state index contributed by atoms with van der Waals surface area (Å²) in [5, 5.41) is 16.7. The highest BCUT2D eigenvalue weighted by molar-refractivity contribution is 7.89. The zero-order valence-electron chi connectivity index (χ0n) is 15.8. The Morgan fingerprint density at radius 1 is 1.14 bits per heavy atom. The molecule has 0 radical (unpaired) electrons. The van der Waals surface area contributed by atoms with Crippen molar-refractivity contribution in [3.05, 3.63) is 70.0 Å². The monoisotopic (exact) mass is 423 g/mol. The van der Waals surface area contributed by atoms with Crippen molar-refractivity contribution in [1.82, 2.24) is 15.4 Å². The molecule has 0 saturated carbocycles. The number of nitrogens with zero attached hydrogens (tertiary/aromatic N) is 2. The van der Waals surface area contributed by atoms with Gasteiger partial charge in [-0.15, -0.1) is 0 Å². The Hall–Kier alpha value is -3.05. The molecular weight excluding hydrogens is 401 g/mol. The molecule has 2 aromatic carbocycles. The van der Waals surface area contributed by atoms with Crippen LogP contribution in [-0.2, 0) is 16.6 Å². The minimum absolute atomic E-state index is 0.0230. The van der Waals surface area contributed by atoms with Crippen LogP contribution in [0.2, 0.25) is 0 Å². The summed E-state index contributed by atoms with van der Waals surface area (Å²) in [6, 6.07) is 11.1. The van der Waals surface area contributed by atoms with Crippen molar-refractivity contribution in [2.75, 3.05) is 19.6 Å². The van der Waals surface area contributed by atoms with Gasteiger partial charge in [-0.05, 0) is 19.1 Å². The highest BCUT2D eigenvalue weighted by Gasteiger charge is 2.17. The highest BCUT2D eigenvalue weighted by atomic mass is 32.2. The summed E-state index contributed by atoms with van der Waals surface area (Å²) in [5.41, 5.74) is 0.136. The highest BCUT2D eigenvalue weighted by Crippen LogP contribution is 2.16. The Kier molecular flexibility index (Phi) is 8.04. The Labute approximate surface area is 168 Å². The van der Waals surface area contributed by atoms with Gasteiger partial charge in [-0.1, -0.05) is 24.3 Å². The first-order valence-electron chi connectivity index (χ1n) is 8.83. The molecule has 0 aliphatic rings. The smallest absolute Gasteiger partial charge is 0.270 e. The van der Waals surface area contributed by atoms with E-state index in [-0.39, 0.29) is 36.0 Å². The molecule has 0 unspecified atom stereocenters.